The number of anilines is 1. The second kappa shape index (κ2) is 10.9. The molecular weight excluding hydrogens is 498 g/mol. The van der Waals surface area contributed by atoms with Gasteiger partial charge in [0.1, 0.15) is 0 Å². The van der Waals surface area contributed by atoms with Crippen LogP contribution in [0.3, 0.4) is 0 Å². The summed E-state index contributed by atoms with van der Waals surface area (Å²) in [4.78, 5) is 17.3. The first-order valence-electron chi connectivity index (χ1n) is 10.9. The number of methoxy groups -OCH3 is 2. The number of thiazole rings is 1. The third-order valence-electron chi connectivity index (χ3n) is 5.48. The van der Waals surface area contributed by atoms with E-state index in [2.05, 4.69) is 10.3 Å². The number of carbonyl (C=O) groups is 1. The average molecular weight is 524 g/mol. The lowest BCUT2D eigenvalue weighted by Gasteiger charge is -2.17. The van der Waals surface area contributed by atoms with Crippen LogP contribution in [0.1, 0.15) is 15.9 Å². The van der Waals surface area contributed by atoms with E-state index in [-0.39, 0.29) is 17.3 Å². The van der Waals surface area contributed by atoms with Crippen molar-refractivity contribution in [1.29, 1.82) is 0 Å². The first kappa shape index (κ1) is 25.4. The van der Waals surface area contributed by atoms with Crippen molar-refractivity contribution in [1.82, 2.24) is 9.29 Å². The van der Waals surface area contributed by atoms with Gasteiger partial charge in [-0.15, -0.1) is 11.3 Å². The summed E-state index contributed by atoms with van der Waals surface area (Å²) >= 11 is 1.29. The maximum atomic E-state index is 12.9. The fraction of sp³-hybridized carbons (Fsp3) is 0.154. The zero-order valence-electron chi connectivity index (χ0n) is 20.0. The minimum absolute atomic E-state index is 0.113. The molecule has 4 aromatic rings. The molecule has 0 saturated carbocycles. The van der Waals surface area contributed by atoms with Gasteiger partial charge in [-0.3, -0.25) is 10.1 Å². The number of benzene rings is 3. The van der Waals surface area contributed by atoms with Gasteiger partial charge in [-0.25, -0.2) is 13.4 Å². The summed E-state index contributed by atoms with van der Waals surface area (Å²) in [6.07, 6.45) is 0. The van der Waals surface area contributed by atoms with E-state index in [0.717, 1.165) is 11.1 Å². The normalized spacial score (nSPS) is 11.3. The maximum Gasteiger partial charge on any atom is 0.257 e. The molecular formula is C26H25N3O5S2. The van der Waals surface area contributed by atoms with Crippen LogP contribution in [0.2, 0.25) is 0 Å². The molecule has 0 aliphatic rings. The van der Waals surface area contributed by atoms with Crippen molar-refractivity contribution < 1.29 is 22.7 Å². The van der Waals surface area contributed by atoms with Gasteiger partial charge in [-0.1, -0.05) is 30.3 Å². The Labute approximate surface area is 214 Å². The summed E-state index contributed by atoms with van der Waals surface area (Å²) in [6, 6.07) is 20.6. The van der Waals surface area contributed by atoms with Crippen molar-refractivity contribution in [2.75, 3.05) is 26.6 Å². The lowest BCUT2D eigenvalue weighted by molar-refractivity contribution is 0.102. The van der Waals surface area contributed by atoms with Crippen molar-refractivity contribution in [3.8, 4) is 22.8 Å². The summed E-state index contributed by atoms with van der Waals surface area (Å²) in [6.45, 7) is 0.248. The Kier molecular flexibility index (Phi) is 7.68. The van der Waals surface area contributed by atoms with E-state index in [1.807, 2.05) is 47.8 Å². The first-order chi connectivity index (χ1) is 17.3. The van der Waals surface area contributed by atoms with Crippen molar-refractivity contribution in [3.63, 3.8) is 0 Å². The molecule has 0 spiro atoms. The summed E-state index contributed by atoms with van der Waals surface area (Å²) in [7, 11) is 0.955. The standard InChI is InChI=1S/C26H25N3O5S2/c1-29(16-18-7-5-4-6-8-18)36(31,32)21-12-9-19(10-13-21)25(30)28-26-27-22(17-35-26)20-11-14-23(33-2)24(15-20)34-3/h4-15,17H,16H2,1-3H3,(H,27,28,30). The number of hydrogen-bond donors (Lipinski definition) is 1. The molecule has 0 aliphatic heterocycles. The Bertz CT molecular complexity index is 1450. The molecule has 0 saturated heterocycles. The lowest BCUT2D eigenvalue weighted by Crippen LogP contribution is -2.26. The van der Waals surface area contributed by atoms with Gasteiger partial charge in [-0.2, -0.15) is 4.31 Å². The van der Waals surface area contributed by atoms with E-state index < -0.39 is 10.0 Å². The molecule has 1 N–H and O–H groups in total. The molecule has 0 aliphatic carbocycles. The third-order valence-corrected chi connectivity index (χ3v) is 8.05. The Morgan fingerprint density at radius 1 is 0.972 bits per heavy atom. The molecule has 36 heavy (non-hydrogen) atoms. The van der Waals surface area contributed by atoms with Crippen LogP contribution in [0, 0.1) is 0 Å². The molecule has 0 radical (unpaired) electrons. The van der Waals surface area contributed by atoms with Crippen LogP contribution in [0.25, 0.3) is 11.3 Å². The number of rotatable bonds is 9. The first-order valence-corrected chi connectivity index (χ1v) is 13.2. The third kappa shape index (κ3) is 5.56. The lowest BCUT2D eigenvalue weighted by atomic mass is 10.1. The number of ether oxygens (including phenoxy) is 2. The Hall–Kier alpha value is -3.73. The molecule has 0 atom stereocenters. The van der Waals surface area contributed by atoms with Crippen molar-refractivity contribution in [3.05, 3.63) is 89.3 Å². The molecule has 1 amide bonds. The number of nitrogens with zero attached hydrogens (tertiary/aromatic N) is 2. The number of hydrogen-bond acceptors (Lipinski definition) is 7. The van der Waals surface area contributed by atoms with Gasteiger partial charge in [0.2, 0.25) is 10.0 Å². The minimum Gasteiger partial charge on any atom is -0.493 e. The molecule has 1 heterocycles. The van der Waals surface area contributed by atoms with Crippen LogP contribution in [0.4, 0.5) is 5.13 Å². The van der Waals surface area contributed by atoms with E-state index in [0.29, 0.717) is 27.9 Å². The van der Waals surface area contributed by atoms with Gasteiger partial charge in [0.25, 0.3) is 5.91 Å². The molecule has 0 fully saturated rings. The van der Waals surface area contributed by atoms with Gasteiger partial charge in [0, 0.05) is 30.1 Å². The van der Waals surface area contributed by atoms with Gasteiger partial charge < -0.3 is 9.47 Å². The highest BCUT2D eigenvalue weighted by molar-refractivity contribution is 7.89. The number of aromatic nitrogens is 1. The monoisotopic (exact) mass is 523 g/mol. The van der Waals surface area contributed by atoms with Crippen LogP contribution in [0.15, 0.2) is 83.1 Å². The second-order valence-corrected chi connectivity index (χ2v) is 10.7. The van der Waals surface area contributed by atoms with Gasteiger partial charge in [0.05, 0.1) is 24.8 Å². The van der Waals surface area contributed by atoms with Crippen LogP contribution in [-0.2, 0) is 16.6 Å². The Balaban J connectivity index is 1.44. The molecule has 10 heteroatoms. The van der Waals surface area contributed by atoms with Crippen LogP contribution in [-0.4, -0.2) is 44.9 Å². The van der Waals surface area contributed by atoms with E-state index in [1.54, 1.807) is 20.3 Å². The number of nitrogens with one attached hydrogen (secondary N) is 1. The van der Waals surface area contributed by atoms with Gasteiger partial charge >= 0.3 is 0 Å². The predicted molar refractivity (Wildman–Crippen MR) is 140 cm³/mol. The van der Waals surface area contributed by atoms with Crippen molar-refractivity contribution in [2.45, 2.75) is 11.4 Å². The second-order valence-electron chi connectivity index (χ2n) is 7.83. The molecule has 8 nitrogen and oxygen atoms in total. The highest BCUT2D eigenvalue weighted by Crippen LogP contribution is 2.33. The van der Waals surface area contributed by atoms with Crippen LogP contribution < -0.4 is 14.8 Å². The topological polar surface area (TPSA) is 97.8 Å². The fourth-order valence-corrected chi connectivity index (χ4v) is 5.39. The average Bonchev–Trinajstić information content (AvgIpc) is 3.37. The summed E-state index contributed by atoms with van der Waals surface area (Å²) in [5.74, 6) is 0.810. The minimum atomic E-state index is -3.70. The largest absolute Gasteiger partial charge is 0.493 e. The zero-order chi connectivity index (χ0) is 25.7. The molecule has 0 bridgehead atoms. The van der Waals surface area contributed by atoms with Gasteiger partial charge in [-0.05, 0) is 48.0 Å². The Morgan fingerprint density at radius 2 is 1.67 bits per heavy atom. The van der Waals surface area contributed by atoms with Crippen molar-refractivity contribution >= 4 is 32.4 Å². The highest BCUT2D eigenvalue weighted by Gasteiger charge is 2.21. The summed E-state index contributed by atoms with van der Waals surface area (Å²) in [5.41, 5.74) is 2.70. The zero-order valence-corrected chi connectivity index (χ0v) is 21.6. The summed E-state index contributed by atoms with van der Waals surface area (Å²) < 4.78 is 37.7. The Morgan fingerprint density at radius 3 is 2.33 bits per heavy atom. The SMILES string of the molecule is COc1ccc(-c2csc(NC(=O)c3ccc(S(=O)(=O)N(C)Cc4ccccc4)cc3)n2)cc1OC. The quantitative estimate of drug-likeness (QED) is 0.335. The van der Waals surface area contributed by atoms with E-state index in [4.69, 9.17) is 9.47 Å². The van der Waals surface area contributed by atoms with Crippen molar-refractivity contribution in [2.24, 2.45) is 0 Å². The molecule has 186 valence electrons. The van der Waals surface area contributed by atoms with E-state index in [1.165, 1.54) is 47.0 Å². The number of sulfonamides is 1. The number of amides is 1. The molecule has 1 aromatic heterocycles. The fourth-order valence-electron chi connectivity index (χ4n) is 3.51. The molecule has 3 aromatic carbocycles. The highest BCUT2D eigenvalue weighted by atomic mass is 32.2. The predicted octanol–water partition coefficient (Wildman–Crippen LogP) is 4.90. The van der Waals surface area contributed by atoms with E-state index >= 15 is 0 Å². The number of carbonyl (C=O) groups excluding carboxylic acids is 1. The maximum absolute atomic E-state index is 12.9. The smallest absolute Gasteiger partial charge is 0.257 e. The molecule has 0 unspecified atom stereocenters. The van der Waals surface area contributed by atoms with Gasteiger partial charge in [0.15, 0.2) is 16.6 Å². The van der Waals surface area contributed by atoms with Crippen LogP contribution >= 0.6 is 11.3 Å². The van der Waals surface area contributed by atoms with E-state index in [9.17, 15) is 13.2 Å². The van der Waals surface area contributed by atoms with Crippen LogP contribution in [0.5, 0.6) is 11.5 Å². The summed E-state index contributed by atoms with van der Waals surface area (Å²) in [5, 5.41) is 5.01. The molecule has 4 rings (SSSR count).